The van der Waals surface area contributed by atoms with Crippen LogP contribution in [-0.4, -0.2) is 33.1 Å². The minimum absolute atomic E-state index is 0.170. The second-order valence-electron chi connectivity index (χ2n) is 5.66. The molecule has 0 fully saturated rings. The summed E-state index contributed by atoms with van der Waals surface area (Å²) in [5, 5.41) is 0. The first-order valence-electron chi connectivity index (χ1n) is 7.63. The van der Waals surface area contributed by atoms with Gasteiger partial charge in [-0.3, -0.25) is 4.72 Å². The van der Waals surface area contributed by atoms with Gasteiger partial charge in [-0.25, -0.2) is 13.2 Å². The summed E-state index contributed by atoms with van der Waals surface area (Å²) in [5.74, 6) is 0. The molecule has 8 heteroatoms. The Morgan fingerprint density at radius 3 is 2.68 bits per heavy atom. The molecule has 0 atom stereocenters. The fourth-order valence-electron chi connectivity index (χ4n) is 2.78. The molecule has 1 amide bonds. The second kappa shape index (κ2) is 7.05. The average Bonchev–Trinajstić information content (AvgIpc) is 2.60. The van der Waals surface area contributed by atoms with Gasteiger partial charge >= 0.3 is 6.09 Å². The zero-order chi connectivity index (χ0) is 18.0. The number of rotatable bonds is 3. The van der Waals surface area contributed by atoms with E-state index >= 15 is 0 Å². The molecule has 0 spiro atoms. The maximum Gasteiger partial charge on any atom is 0.409 e. The van der Waals surface area contributed by atoms with Gasteiger partial charge in [0.1, 0.15) is 4.90 Å². The van der Waals surface area contributed by atoms with Gasteiger partial charge in [-0.2, -0.15) is 0 Å². The third kappa shape index (κ3) is 3.80. The maximum absolute atomic E-state index is 12.6. The highest BCUT2D eigenvalue weighted by Gasteiger charge is 2.22. The lowest BCUT2D eigenvalue weighted by atomic mass is 9.99. The Hall–Kier alpha value is -2.06. The summed E-state index contributed by atoms with van der Waals surface area (Å²) in [6.45, 7) is 0.980. The zero-order valence-electron chi connectivity index (χ0n) is 13.5. The second-order valence-corrected chi connectivity index (χ2v) is 8.17. The number of halogens is 1. The Morgan fingerprint density at radius 2 is 1.96 bits per heavy atom. The van der Waals surface area contributed by atoms with Crippen LogP contribution in [-0.2, 0) is 27.7 Å². The average molecular weight is 425 g/mol. The van der Waals surface area contributed by atoms with Crippen LogP contribution in [0.4, 0.5) is 10.5 Å². The van der Waals surface area contributed by atoms with Crippen LogP contribution in [0.3, 0.4) is 0 Å². The highest BCUT2D eigenvalue weighted by Crippen LogP contribution is 2.27. The molecule has 3 rings (SSSR count). The van der Waals surface area contributed by atoms with Gasteiger partial charge in [0, 0.05) is 23.2 Å². The van der Waals surface area contributed by atoms with Crippen molar-refractivity contribution < 1.29 is 17.9 Å². The van der Waals surface area contributed by atoms with Crippen LogP contribution in [0.1, 0.15) is 11.1 Å². The highest BCUT2D eigenvalue weighted by atomic mass is 79.9. The zero-order valence-corrected chi connectivity index (χ0v) is 15.9. The smallest absolute Gasteiger partial charge is 0.409 e. The third-order valence-electron chi connectivity index (χ3n) is 4.03. The highest BCUT2D eigenvalue weighted by molar-refractivity contribution is 9.10. The fraction of sp³-hybridized carbons (Fsp3) is 0.235. The number of ether oxygens (including phenoxy) is 1. The van der Waals surface area contributed by atoms with Gasteiger partial charge in [-0.05, 0) is 57.7 Å². The Balaban J connectivity index is 1.86. The Bertz CT molecular complexity index is 915. The molecule has 0 radical (unpaired) electrons. The topological polar surface area (TPSA) is 75.7 Å². The van der Waals surface area contributed by atoms with Crippen molar-refractivity contribution in [3.8, 4) is 0 Å². The minimum atomic E-state index is -3.71. The molecule has 0 saturated carbocycles. The largest absolute Gasteiger partial charge is 0.453 e. The van der Waals surface area contributed by atoms with Crippen LogP contribution in [0.5, 0.6) is 0 Å². The standard InChI is InChI=1S/C17H17BrN2O4S/c1-24-17(21)20-9-8-12-6-7-14(10-13(12)11-20)19-25(22,23)16-5-3-2-4-15(16)18/h2-7,10,19H,8-9,11H2,1H3. The summed E-state index contributed by atoms with van der Waals surface area (Å²) in [7, 11) is -2.36. The van der Waals surface area contributed by atoms with Gasteiger partial charge in [0.25, 0.3) is 10.0 Å². The van der Waals surface area contributed by atoms with Crippen LogP contribution >= 0.6 is 15.9 Å². The van der Waals surface area contributed by atoms with Gasteiger partial charge in [0.2, 0.25) is 0 Å². The molecular weight excluding hydrogens is 408 g/mol. The number of nitrogens with one attached hydrogen (secondary N) is 1. The number of sulfonamides is 1. The number of carbonyl (C=O) groups is 1. The van der Waals surface area contributed by atoms with Gasteiger partial charge in [-0.1, -0.05) is 18.2 Å². The quantitative estimate of drug-likeness (QED) is 0.818. The molecule has 0 unspecified atom stereocenters. The third-order valence-corrected chi connectivity index (χ3v) is 6.42. The fourth-order valence-corrected chi connectivity index (χ4v) is 4.83. The number of benzene rings is 2. The Morgan fingerprint density at radius 1 is 1.20 bits per heavy atom. The summed E-state index contributed by atoms with van der Waals surface area (Å²) >= 11 is 3.26. The molecule has 132 valence electrons. The predicted octanol–water partition coefficient (Wildman–Crippen LogP) is 3.37. The monoisotopic (exact) mass is 424 g/mol. The van der Waals surface area contributed by atoms with Crippen LogP contribution < -0.4 is 4.72 Å². The van der Waals surface area contributed by atoms with E-state index in [4.69, 9.17) is 4.74 Å². The number of hydrogen-bond donors (Lipinski definition) is 1. The molecule has 2 aromatic rings. The predicted molar refractivity (Wildman–Crippen MR) is 97.9 cm³/mol. The van der Waals surface area contributed by atoms with E-state index in [1.807, 2.05) is 6.07 Å². The van der Waals surface area contributed by atoms with Crippen molar-refractivity contribution in [2.24, 2.45) is 0 Å². The van der Waals surface area contributed by atoms with Gasteiger partial charge in [0.05, 0.1) is 7.11 Å². The molecule has 1 aliphatic rings. The lowest BCUT2D eigenvalue weighted by molar-refractivity contribution is 0.118. The number of hydrogen-bond acceptors (Lipinski definition) is 4. The first-order valence-corrected chi connectivity index (χ1v) is 9.90. The number of methoxy groups -OCH3 is 1. The number of nitrogens with zero attached hydrogens (tertiary/aromatic N) is 1. The molecular formula is C17H17BrN2O4S. The summed E-state index contributed by atoms with van der Waals surface area (Å²) < 4.78 is 33.0. The molecule has 2 aromatic carbocycles. The molecule has 1 N–H and O–H groups in total. The summed E-state index contributed by atoms with van der Waals surface area (Å²) in [4.78, 5) is 13.5. The number of carbonyl (C=O) groups excluding carboxylic acids is 1. The van der Waals surface area contributed by atoms with Crippen LogP contribution in [0, 0.1) is 0 Å². The number of fused-ring (bicyclic) bond motifs is 1. The van der Waals surface area contributed by atoms with E-state index in [2.05, 4.69) is 20.7 Å². The van der Waals surface area contributed by atoms with Crippen molar-refractivity contribution in [3.05, 3.63) is 58.1 Å². The Kier molecular flexibility index (Phi) is 5.01. The van der Waals surface area contributed by atoms with Crippen LogP contribution in [0.25, 0.3) is 0 Å². The van der Waals surface area contributed by atoms with E-state index in [-0.39, 0.29) is 11.0 Å². The van der Waals surface area contributed by atoms with E-state index in [0.29, 0.717) is 29.7 Å². The lowest BCUT2D eigenvalue weighted by Crippen LogP contribution is -2.35. The van der Waals surface area contributed by atoms with Gasteiger partial charge in [-0.15, -0.1) is 0 Å². The molecule has 25 heavy (non-hydrogen) atoms. The maximum atomic E-state index is 12.6. The van der Waals surface area contributed by atoms with Crippen molar-refractivity contribution >= 4 is 37.7 Å². The van der Waals surface area contributed by atoms with E-state index in [0.717, 1.165) is 11.1 Å². The summed E-state index contributed by atoms with van der Waals surface area (Å²) in [5.41, 5.74) is 2.47. The van der Waals surface area contributed by atoms with Gasteiger partial charge < -0.3 is 9.64 Å². The van der Waals surface area contributed by atoms with Crippen molar-refractivity contribution in [1.82, 2.24) is 4.90 Å². The van der Waals surface area contributed by atoms with E-state index < -0.39 is 10.0 Å². The van der Waals surface area contributed by atoms with E-state index in [1.54, 1.807) is 35.2 Å². The number of amides is 1. The van der Waals surface area contributed by atoms with E-state index in [9.17, 15) is 13.2 Å². The van der Waals surface area contributed by atoms with Crippen LogP contribution in [0.15, 0.2) is 51.8 Å². The summed E-state index contributed by atoms with van der Waals surface area (Å²) in [6, 6.07) is 12.0. The minimum Gasteiger partial charge on any atom is -0.453 e. The van der Waals surface area contributed by atoms with E-state index in [1.165, 1.54) is 13.2 Å². The van der Waals surface area contributed by atoms with Gasteiger partial charge in [0.15, 0.2) is 0 Å². The molecule has 0 aliphatic carbocycles. The molecule has 0 bridgehead atoms. The van der Waals surface area contributed by atoms with Crippen molar-refractivity contribution in [3.63, 3.8) is 0 Å². The molecule has 6 nitrogen and oxygen atoms in total. The van der Waals surface area contributed by atoms with Crippen molar-refractivity contribution in [2.75, 3.05) is 18.4 Å². The molecule has 0 aromatic heterocycles. The molecule has 1 heterocycles. The lowest BCUT2D eigenvalue weighted by Gasteiger charge is -2.28. The van der Waals surface area contributed by atoms with Crippen LogP contribution in [0.2, 0.25) is 0 Å². The summed E-state index contributed by atoms with van der Waals surface area (Å²) in [6.07, 6.45) is 0.326. The number of anilines is 1. The van der Waals surface area contributed by atoms with Crippen molar-refractivity contribution in [2.45, 2.75) is 17.9 Å². The van der Waals surface area contributed by atoms with Crippen molar-refractivity contribution in [1.29, 1.82) is 0 Å². The normalized spacial score (nSPS) is 13.9. The molecule has 0 saturated heterocycles. The molecule has 1 aliphatic heterocycles. The Labute approximate surface area is 155 Å². The first-order chi connectivity index (χ1) is 11.9. The SMILES string of the molecule is COC(=O)N1CCc2ccc(NS(=O)(=O)c3ccccc3Br)cc2C1. The first kappa shape index (κ1) is 17.8.